The second-order valence-electron chi connectivity index (χ2n) is 9.06. The predicted octanol–water partition coefficient (Wildman–Crippen LogP) is 2.28. The number of nitrogens with one attached hydrogen (secondary N) is 2. The molecule has 1 atom stereocenters. The molecule has 0 saturated carbocycles. The zero-order chi connectivity index (χ0) is 21.4. The maximum absolute atomic E-state index is 12.6. The van der Waals surface area contributed by atoms with Gasteiger partial charge in [-0.3, -0.25) is 9.69 Å². The second kappa shape index (κ2) is 8.51. The number of imidazole rings is 1. The van der Waals surface area contributed by atoms with Gasteiger partial charge in [-0.1, -0.05) is 26.0 Å². The van der Waals surface area contributed by atoms with Gasteiger partial charge < -0.3 is 20.2 Å². The molecule has 2 N–H and O–H groups in total. The maximum Gasteiger partial charge on any atom is 0.273 e. The van der Waals surface area contributed by atoms with Gasteiger partial charge in [-0.2, -0.15) is 0 Å². The number of carbonyl (C=O) groups is 1. The van der Waals surface area contributed by atoms with Crippen molar-refractivity contribution in [2.24, 2.45) is 0 Å². The van der Waals surface area contributed by atoms with Gasteiger partial charge in [0, 0.05) is 38.8 Å². The van der Waals surface area contributed by atoms with Crippen molar-refractivity contribution in [2.45, 2.75) is 50.8 Å². The number of ether oxygens (including phenoxy) is 2. The van der Waals surface area contributed by atoms with Crippen LogP contribution >= 0.6 is 0 Å². The number of fused-ring (bicyclic) bond motifs is 1. The van der Waals surface area contributed by atoms with Crippen LogP contribution in [0, 0.1) is 0 Å². The van der Waals surface area contributed by atoms with Crippen molar-refractivity contribution in [3.63, 3.8) is 0 Å². The van der Waals surface area contributed by atoms with Gasteiger partial charge in [0.2, 0.25) is 0 Å². The number of likely N-dealkylation sites (tertiary alicyclic amines) is 1. The van der Waals surface area contributed by atoms with Crippen LogP contribution in [0.1, 0.15) is 60.4 Å². The third kappa shape index (κ3) is 4.27. The van der Waals surface area contributed by atoms with Crippen LogP contribution < -0.4 is 15.5 Å². The van der Waals surface area contributed by atoms with E-state index in [4.69, 9.17) is 9.47 Å². The number of aromatic nitrogens is 2. The third-order valence-electron chi connectivity index (χ3n) is 6.41. The van der Waals surface area contributed by atoms with Crippen molar-refractivity contribution in [3.05, 3.63) is 47.5 Å². The molecule has 5 rings (SSSR count). The lowest BCUT2D eigenvalue weighted by Gasteiger charge is -2.42. The lowest BCUT2D eigenvalue weighted by atomic mass is 10.00. The molecule has 3 aliphatic rings. The van der Waals surface area contributed by atoms with Crippen LogP contribution in [0.3, 0.4) is 0 Å². The van der Waals surface area contributed by atoms with Gasteiger partial charge in [-0.25, -0.2) is 9.66 Å². The SMILES string of the molecule is CC(C)c1ccc(OC2CN(CC3NC(=O)c4cnc(C5CCOCC5)n4N3)C2)cc1. The molecule has 166 valence electrons. The number of benzene rings is 1. The Morgan fingerprint density at radius 2 is 1.94 bits per heavy atom. The molecule has 3 aliphatic heterocycles. The van der Waals surface area contributed by atoms with Crippen LogP contribution in [0.5, 0.6) is 5.75 Å². The van der Waals surface area contributed by atoms with E-state index < -0.39 is 0 Å². The minimum atomic E-state index is -0.154. The fraction of sp³-hybridized carbons (Fsp3) is 0.565. The highest BCUT2D eigenvalue weighted by Crippen LogP contribution is 2.27. The molecule has 0 radical (unpaired) electrons. The van der Waals surface area contributed by atoms with Crippen LogP contribution in [-0.2, 0) is 4.74 Å². The highest BCUT2D eigenvalue weighted by molar-refractivity contribution is 5.93. The zero-order valence-electron chi connectivity index (χ0n) is 18.2. The third-order valence-corrected chi connectivity index (χ3v) is 6.41. The topological polar surface area (TPSA) is 80.7 Å². The van der Waals surface area contributed by atoms with Gasteiger partial charge in [0.05, 0.1) is 6.20 Å². The van der Waals surface area contributed by atoms with Crippen LogP contribution in [0.15, 0.2) is 30.5 Å². The molecule has 8 nitrogen and oxygen atoms in total. The van der Waals surface area contributed by atoms with Gasteiger partial charge in [0.1, 0.15) is 29.5 Å². The normalized spacial score (nSPS) is 22.5. The fourth-order valence-electron chi connectivity index (χ4n) is 4.54. The Bertz CT molecular complexity index is 914. The number of nitrogens with zero attached hydrogens (tertiary/aromatic N) is 3. The summed E-state index contributed by atoms with van der Waals surface area (Å²) in [7, 11) is 0. The van der Waals surface area contributed by atoms with Gasteiger partial charge in [-0.15, -0.1) is 0 Å². The monoisotopic (exact) mass is 425 g/mol. The van der Waals surface area contributed by atoms with Gasteiger partial charge in [0.25, 0.3) is 5.91 Å². The molecule has 2 saturated heterocycles. The van der Waals surface area contributed by atoms with E-state index in [1.807, 2.05) is 4.68 Å². The molecule has 31 heavy (non-hydrogen) atoms. The van der Waals surface area contributed by atoms with Crippen molar-refractivity contribution in [3.8, 4) is 5.75 Å². The fourth-order valence-corrected chi connectivity index (χ4v) is 4.54. The summed E-state index contributed by atoms with van der Waals surface area (Å²) in [5, 5.41) is 3.05. The lowest BCUT2D eigenvalue weighted by Crippen LogP contribution is -2.61. The van der Waals surface area contributed by atoms with Crippen molar-refractivity contribution in [1.29, 1.82) is 0 Å². The molecule has 1 aromatic heterocycles. The molecular formula is C23H31N5O3. The van der Waals surface area contributed by atoms with Gasteiger partial charge in [0.15, 0.2) is 0 Å². The van der Waals surface area contributed by atoms with Crippen molar-refractivity contribution in [2.75, 3.05) is 38.3 Å². The molecule has 4 heterocycles. The quantitative estimate of drug-likeness (QED) is 0.739. The summed E-state index contributed by atoms with van der Waals surface area (Å²) in [4.78, 5) is 19.4. The van der Waals surface area contributed by atoms with E-state index in [-0.39, 0.29) is 18.2 Å². The minimum Gasteiger partial charge on any atom is -0.488 e. The van der Waals surface area contributed by atoms with E-state index >= 15 is 0 Å². The Labute approximate surface area is 182 Å². The van der Waals surface area contributed by atoms with Crippen LogP contribution in [0.25, 0.3) is 0 Å². The summed E-state index contributed by atoms with van der Waals surface area (Å²) in [6.07, 6.45) is 3.58. The van der Waals surface area contributed by atoms with E-state index in [9.17, 15) is 4.79 Å². The molecule has 1 aromatic carbocycles. The molecule has 8 heteroatoms. The smallest absolute Gasteiger partial charge is 0.273 e. The summed E-state index contributed by atoms with van der Waals surface area (Å²) in [6, 6.07) is 8.38. The van der Waals surface area contributed by atoms with E-state index in [2.05, 4.69) is 58.7 Å². The van der Waals surface area contributed by atoms with E-state index in [0.29, 0.717) is 17.5 Å². The summed E-state index contributed by atoms with van der Waals surface area (Å²) < 4.78 is 13.5. The Kier molecular flexibility index (Phi) is 5.58. The first-order valence-corrected chi connectivity index (χ1v) is 11.3. The first kappa shape index (κ1) is 20.3. The average Bonchev–Trinajstić information content (AvgIpc) is 3.18. The summed E-state index contributed by atoms with van der Waals surface area (Å²) in [5.41, 5.74) is 5.35. The largest absolute Gasteiger partial charge is 0.488 e. The summed E-state index contributed by atoms with van der Waals surface area (Å²) >= 11 is 0. The molecule has 1 unspecified atom stereocenters. The predicted molar refractivity (Wildman–Crippen MR) is 117 cm³/mol. The zero-order valence-corrected chi connectivity index (χ0v) is 18.2. The summed E-state index contributed by atoms with van der Waals surface area (Å²) in [5.74, 6) is 2.63. The number of hydrogen-bond acceptors (Lipinski definition) is 6. The maximum atomic E-state index is 12.6. The van der Waals surface area contributed by atoms with E-state index in [1.54, 1.807) is 6.20 Å². The number of carbonyl (C=O) groups excluding carboxylic acids is 1. The van der Waals surface area contributed by atoms with Crippen LogP contribution in [0.2, 0.25) is 0 Å². The average molecular weight is 426 g/mol. The van der Waals surface area contributed by atoms with E-state index in [1.165, 1.54) is 5.56 Å². The Balaban J connectivity index is 1.15. The Morgan fingerprint density at radius 3 is 2.65 bits per heavy atom. The molecule has 0 bridgehead atoms. The van der Waals surface area contributed by atoms with Crippen LogP contribution in [-0.4, -0.2) is 65.6 Å². The minimum absolute atomic E-state index is 0.0758. The molecular weight excluding hydrogens is 394 g/mol. The standard InChI is InChI=1S/C23H31N5O3/c1-15(2)16-3-5-18(6-4-16)31-19-12-27(13-19)14-21-25-23(29)20-11-24-22(28(20)26-21)17-7-9-30-10-8-17/h3-6,11,15,17,19,21,26H,7-10,12-14H2,1-2H3,(H,25,29). The first-order valence-electron chi connectivity index (χ1n) is 11.3. The van der Waals surface area contributed by atoms with Crippen molar-refractivity contribution < 1.29 is 14.3 Å². The Hall–Kier alpha value is -2.58. The Morgan fingerprint density at radius 1 is 1.19 bits per heavy atom. The highest BCUT2D eigenvalue weighted by atomic mass is 16.5. The second-order valence-corrected chi connectivity index (χ2v) is 9.06. The van der Waals surface area contributed by atoms with Crippen LogP contribution in [0.4, 0.5) is 0 Å². The molecule has 0 aliphatic carbocycles. The number of rotatable bonds is 6. The lowest BCUT2D eigenvalue weighted by molar-refractivity contribution is 0.0145. The van der Waals surface area contributed by atoms with E-state index in [0.717, 1.165) is 57.3 Å². The van der Waals surface area contributed by atoms with Gasteiger partial charge >= 0.3 is 0 Å². The molecule has 0 spiro atoms. The molecule has 1 amide bonds. The number of amides is 1. The van der Waals surface area contributed by atoms with Crippen molar-refractivity contribution in [1.82, 2.24) is 19.9 Å². The highest BCUT2D eigenvalue weighted by Gasteiger charge is 2.34. The first-order chi connectivity index (χ1) is 15.1. The van der Waals surface area contributed by atoms with Crippen molar-refractivity contribution >= 4 is 5.91 Å². The molecule has 2 aromatic rings. The summed E-state index contributed by atoms with van der Waals surface area (Å²) in [6.45, 7) is 8.31. The number of hydrogen-bond donors (Lipinski definition) is 2. The van der Waals surface area contributed by atoms with Gasteiger partial charge in [-0.05, 0) is 36.5 Å². The molecule has 2 fully saturated rings.